The van der Waals surface area contributed by atoms with Crippen LogP contribution in [0.1, 0.15) is 47.1 Å². The molecule has 2 aromatic heterocycles. The summed E-state index contributed by atoms with van der Waals surface area (Å²) in [5.41, 5.74) is 0.663. The summed E-state index contributed by atoms with van der Waals surface area (Å²) in [5, 5.41) is 0. The zero-order chi connectivity index (χ0) is 19.4. The lowest BCUT2D eigenvalue weighted by Crippen LogP contribution is -2.41. The highest BCUT2D eigenvalue weighted by Crippen LogP contribution is 2.26. The van der Waals surface area contributed by atoms with E-state index in [1.165, 1.54) is 0 Å². The molecule has 27 heavy (non-hydrogen) atoms. The van der Waals surface area contributed by atoms with E-state index in [2.05, 4.69) is 33.5 Å². The largest absolute Gasteiger partial charge is 0.338 e. The van der Waals surface area contributed by atoms with Gasteiger partial charge in [-0.1, -0.05) is 0 Å². The quantitative estimate of drug-likeness (QED) is 0.841. The van der Waals surface area contributed by atoms with Gasteiger partial charge in [0, 0.05) is 43.6 Å². The van der Waals surface area contributed by atoms with Crippen molar-refractivity contribution in [3.63, 3.8) is 0 Å². The van der Waals surface area contributed by atoms with E-state index in [4.69, 9.17) is 0 Å². The number of imidazole rings is 1. The SMILES string of the molecule is Cc1ccc(C(=O)N2CCC[C@H](c3nccn3CCCN(C)C)C2)c(=O)[nH]1. The standard InChI is InChI=1S/C20H29N5O2/c1-15-7-8-17(19(26)22-15)20(27)25-11-4-6-16(14-25)18-21-9-13-24(18)12-5-10-23(2)3/h7-9,13,16H,4-6,10-12,14H2,1-3H3,(H,22,26)/t16-/m0/s1. The molecule has 0 aromatic carbocycles. The maximum atomic E-state index is 12.9. The summed E-state index contributed by atoms with van der Waals surface area (Å²) in [5.74, 6) is 1.07. The van der Waals surface area contributed by atoms with Crippen LogP contribution in [0, 0.1) is 6.92 Å². The van der Waals surface area contributed by atoms with Crippen LogP contribution in [0.3, 0.4) is 0 Å². The summed E-state index contributed by atoms with van der Waals surface area (Å²) < 4.78 is 2.21. The molecule has 146 valence electrons. The number of rotatable bonds is 6. The number of nitrogens with one attached hydrogen (secondary N) is 1. The molecule has 0 unspecified atom stereocenters. The van der Waals surface area contributed by atoms with Crippen molar-refractivity contribution in [2.24, 2.45) is 0 Å². The monoisotopic (exact) mass is 371 g/mol. The van der Waals surface area contributed by atoms with Gasteiger partial charge < -0.3 is 19.4 Å². The van der Waals surface area contributed by atoms with Crippen molar-refractivity contribution >= 4 is 5.91 Å². The number of hydrogen-bond acceptors (Lipinski definition) is 4. The van der Waals surface area contributed by atoms with Crippen LogP contribution in [-0.4, -0.2) is 64.0 Å². The van der Waals surface area contributed by atoms with Crippen molar-refractivity contribution in [1.82, 2.24) is 24.3 Å². The van der Waals surface area contributed by atoms with E-state index in [-0.39, 0.29) is 22.9 Å². The van der Waals surface area contributed by atoms with Crippen molar-refractivity contribution in [2.45, 2.75) is 38.6 Å². The zero-order valence-electron chi connectivity index (χ0n) is 16.4. The molecule has 1 fully saturated rings. The van der Waals surface area contributed by atoms with E-state index >= 15 is 0 Å². The van der Waals surface area contributed by atoms with Gasteiger partial charge in [0.1, 0.15) is 11.4 Å². The van der Waals surface area contributed by atoms with Crippen LogP contribution in [0.2, 0.25) is 0 Å². The second kappa shape index (κ2) is 8.52. The molecule has 1 aliphatic heterocycles. The fourth-order valence-electron chi connectivity index (χ4n) is 3.71. The molecular weight excluding hydrogens is 342 g/mol. The van der Waals surface area contributed by atoms with Gasteiger partial charge in [-0.2, -0.15) is 0 Å². The van der Waals surface area contributed by atoms with E-state index in [0.717, 1.165) is 43.9 Å². The second-order valence-electron chi connectivity index (χ2n) is 7.61. The Morgan fingerprint density at radius 1 is 1.37 bits per heavy atom. The third-order valence-corrected chi connectivity index (χ3v) is 5.11. The van der Waals surface area contributed by atoms with Gasteiger partial charge in [0.25, 0.3) is 11.5 Å². The van der Waals surface area contributed by atoms with E-state index in [0.29, 0.717) is 13.1 Å². The van der Waals surface area contributed by atoms with Crippen LogP contribution in [0.5, 0.6) is 0 Å². The van der Waals surface area contributed by atoms with Crippen LogP contribution in [0.25, 0.3) is 0 Å². The molecule has 1 atom stereocenters. The first kappa shape index (κ1) is 19.4. The van der Waals surface area contributed by atoms with Crippen molar-refractivity contribution in [2.75, 3.05) is 33.7 Å². The third kappa shape index (κ3) is 4.66. The van der Waals surface area contributed by atoms with Crippen LogP contribution in [0.4, 0.5) is 0 Å². The molecule has 3 heterocycles. The highest BCUT2D eigenvalue weighted by Gasteiger charge is 2.29. The molecule has 0 bridgehead atoms. The number of nitrogens with zero attached hydrogens (tertiary/aromatic N) is 4. The Kier molecular flexibility index (Phi) is 6.11. The molecule has 0 aliphatic carbocycles. The van der Waals surface area contributed by atoms with E-state index in [1.807, 2.05) is 19.3 Å². The summed E-state index contributed by atoms with van der Waals surface area (Å²) in [6, 6.07) is 3.40. The first-order valence-electron chi connectivity index (χ1n) is 9.60. The molecule has 0 saturated carbocycles. The molecule has 7 nitrogen and oxygen atoms in total. The zero-order valence-corrected chi connectivity index (χ0v) is 16.4. The van der Waals surface area contributed by atoms with Gasteiger partial charge in [-0.3, -0.25) is 9.59 Å². The number of piperidine rings is 1. The number of carbonyl (C=O) groups excluding carboxylic acids is 1. The van der Waals surface area contributed by atoms with Crippen LogP contribution in [-0.2, 0) is 6.54 Å². The number of hydrogen-bond donors (Lipinski definition) is 1. The lowest BCUT2D eigenvalue weighted by Gasteiger charge is -2.32. The minimum atomic E-state index is -0.313. The first-order valence-corrected chi connectivity index (χ1v) is 9.60. The van der Waals surface area contributed by atoms with E-state index in [1.54, 1.807) is 17.0 Å². The molecule has 7 heteroatoms. The van der Waals surface area contributed by atoms with Gasteiger partial charge in [-0.15, -0.1) is 0 Å². The Morgan fingerprint density at radius 2 is 2.19 bits per heavy atom. The number of aromatic amines is 1. The van der Waals surface area contributed by atoms with Crippen molar-refractivity contribution in [3.8, 4) is 0 Å². The minimum absolute atomic E-state index is 0.188. The average molecular weight is 371 g/mol. The van der Waals surface area contributed by atoms with E-state index < -0.39 is 0 Å². The molecule has 0 radical (unpaired) electrons. The van der Waals surface area contributed by atoms with Crippen LogP contribution in [0.15, 0.2) is 29.3 Å². The fourth-order valence-corrected chi connectivity index (χ4v) is 3.71. The number of H-pyrrole nitrogens is 1. The molecule has 0 spiro atoms. The third-order valence-electron chi connectivity index (χ3n) is 5.11. The van der Waals surface area contributed by atoms with Gasteiger partial charge in [0.15, 0.2) is 0 Å². The van der Waals surface area contributed by atoms with E-state index in [9.17, 15) is 9.59 Å². The van der Waals surface area contributed by atoms with Gasteiger partial charge in [0.05, 0.1) is 0 Å². The second-order valence-corrected chi connectivity index (χ2v) is 7.61. The van der Waals surface area contributed by atoms with Crippen molar-refractivity contribution in [3.05, 3.63) is 52.0 Å². The number of carbonyl (C=O) groups is 1. The topological polar surface area (TPSA) is 74.2 Å². The smallest absolute Gasteiger partial charge is 0.260 e. The summed E-state index contributed by atoms with van der Waals surface area (Å²) in [7, 11) is 4.15. The molecule has 1 amide bonds. The minimum Gasteiger partial charge on any atom is -0.338 e. The maximum Gasteiger partial charge on any atom is 0.260 e. The molecule has 2 aromatic rings. The van der Waals surface area contributed by atoms with Crippen molar-refractivity contribution in [1.29, 1.82) is 0 Å². The Hall–Kier alpha value is -2.41. The lowest BCUT2D eigenvalue weighted by molar-refractivity contribution is 0.0701. The Labute approximate surface area is 160 Å². The van der Waals surface area contributed by atoms with Gasteiger partial charge in [-0.05, 0) is 59.0 Å². The number of amides is 1. The molecule has 1 saturated heterocycles. The summed E-state index contributed by atoms with van der Waals surface area (Å²) in [4.78, 5) is 36.3. The summed E-state index contributed by atoms with van der Waals surface area (Å²) in [6.45, 7) is 5.06. The first-order chi connectivity index (χ1) is 13.0. The fraction of sp³-hybridized carbons (Fsp3) is 0.550. The van der Waals surface area contributed by atoms with Crippen LogP contribution < -0.4 is 5.56 Å². The lowest BCUT2D eigenvalue weighted by atomic mass is 9.96. The molecule has 1 aliphatic rings. The highest BCUT2D eigenvalue weighted by molar-refractivity contribution is 5.93. The van der Waals surface area contributed by atoms with Crippen molar-refractivity contribution < 1.29 is 4.79 Å². The number of likely N-dealkylation sites (tertiary alicyclic amines) is 1. The van der Waals surface area contributed by atoms with Crippen LogP contribution >= 0.6 is 0 Å². The van der Waals surface area contributed by atoms with Gasteiger partial charge in [-0.25, -0.2) is 4.98 Å². The number of aromatic nitrogens is 3. The summed E-state index contributed by atoms with van der Waals surface area (Å²) >= 11 is 0. The Morgan fingerprint density at radius 3 is 2.93 bits per heavy atom. The number of aryl methyl sites for hydroxylation is 2. The predicted molar refractivity (Wildman–Crippen MR) is 105 cm³/mol. The average Bonchev–Trinajstić information content (AvgIpc) is 3.09. The molecule has 1 N–H and O–H groups in total. The number of pyridine rings is 1. The Bertz CT molecular complexity index is 839. The van der Waals surface area contributed by atoms with Gasteiger partial charge >= 0.3 is 0 Å². The maximum absolute atomic E-state index is 12.9. The summed E-state index contributed by atoms with van der Waals surface area (Å²) in [6.07, 6.45) is 6.86. The predicted octanol–water partition coefficient (Wildman–Crippen LogP) is 1.85. The Balaban J connectivity index is 1.70. The van der Waals surface area contributed by atoms with Gasteiger partial charge in [0.2, 0.25) is 0 Å². The molecular formula is C20H29N5O2. The molecule has 3 rings (SSSR count). The normalized spacial score (nSPS) is 17.5. The highest BCUT2D eigenvalue weighted by atomic mass is 16.2.